The third-order valence-corrected chi connectivity index (χ3v) is 2.60. The number of anilines is 1. The maximum atomic E-state index is 5.83. The average molecular weight is 254 g/mol. The topological polar surface area (TPSA) is 78.9 Å². The molecular formula is C10H12ClN5O. The van der Waals surface area contributed by atoms with Gasteiger partial charge >= 0.3 is 0 Å². The molecule has 0 radical (unpaired) electrons. The van der Waals surface area contributed by atoms with Gasteiger partial charge in [-0.05, 0) is 13.0 Å². The Hall–Kier alpha value is -1.82. The third kappa shape index (κ3) is 2.31. The monoisotopic (exact) mass is 253 g/mol. The van der Waals surface area contributed by atoms with Gasteiger partial charge in [-0.2, -0.15) is 5.10 Å². The Morgan fingerprint density at radius 3 is 2.82 bits per heavy atom. The van der Waals surface area contributed by atoms with E-state index in [0.29, 0.717) is 16.7 Å². The zero-order valence-electron chi connectivity index (χ0n) is 9.46. The molecule has 0 aliphatic heterocycles. The van der Waals surface area contributed by atoms with E-state index in [0.717, 1.165) is 5.56 Å². The van der Waals surface area contributed by atoms with Gasteiger partial charge in [0.1, 0.15) is 0 Å². The molecule has 2 heterocycles. The van der Waals surface area contributed by atoms with E-state index in [9.17, 15) is 0 Å². The van der Waals surface area contributed by atoms with Crippen LogP contribution in [-0.2, 0) is 0 Å². The van der Waals surface area contributed by atoms with Crippen LogP contribution < -0.4 is 10.5 Å². The molecule has 0 spiro atoms. The number of hydrogen-bond donors (Lipinski definition) is 1. The fourth-order valence-corrected chi connectivity index (χ4v) is 1.69. The van der Waals surface area contributed by atoms with Gasteiger partial charge in [0.2, 0.25) is 5.88 Å². The molecule has 2 N–H and O–H groups in total. The van der Waals surface area contributed by atoms with Crippen LogP contribution in [0.15, 0.2) is 18.5 Å². The van der Waals surface area contributed by atoms with Crippen LogP contribution in [-0.4, -0.2) is 27.1 Å². The van der Waals surface area contributed by atoms with Crippen molar-refractivity contribution in [1.29, 1.82) is 0 Å². The van der Waals surface area contributed by atoms with Crippen LogP contribution in [0, 0.1) is 0 Å². The maximum absolute atomic E-state index is 5.83. The number of nitrogen functional groups attached to an aromatic ring is 1. The van der Waals surface area contributed by atoms with Crippen LogP contribution in [0.1, 0.15) is 18.5 Å². The van der Waals surface area contributed by atoms with E-state index in [1.807, 2.05) is 6.92 Å². The van der Waals surface area contributed by atoms with Crippen molar-refractivity contribution in [3.8, 4) is 5.88 Å². The number of methoxy groups -OCH3 is 1. The van der Waals surface area contributed by atoms with Gasteiger partial charge in [0.05, 0.1) is 25.0 Å². The van der Waals surface area contributed by atoms with Crippen LogP contribution in [0.5, 0.6) is 5.88 Å². The minimum atomic E-state index is -0.0877. The standard InChI is InChI=1S/C10H12ClN5O/c1-6(16-5-7(12)4-13-16)8-3-9(11)14-15-10(8)17-2/h3-6H,12H2,1-2H3. The predicted octanol–water partition coefficient (Wildman–Crippen LogP) is 1.53. The highest BCUT2D eigenvalue weighted by Gasteiger charge is 2.16. The Morgan fingerprint density at radius 2 is 2.24 bits per heavy atom. The Labute approximate surface area is 103 Å². The van der Waals surface area contributed by atoms with Crippen LogP contribution >= 0.6 is 11.6 Å². The van der Waals surface area contributed by atoms with E-state index in [1.54, 1.807) is 23.1 Å². The van der Waals surface area contributed by atoms with Crippen molar-refractivity contribution in [3.63, 3.8) is 0 Å². The number of halogens is 1. The summed E-state index contributed by atoms with van der Waals surface area (Å²) in [5, 5.41) is 12.1. The summed E-state index contributed by atoms with van der Waals surface area (Å²) in [5.41, 5.74) is 7.03. The second-order valence-corrected chi connectivity index (χ2v) is 3.95. The lowest BCUT2D eigenvalue weighted by Crippen LogP contribution is -2.10. The van der Waals surface area contributed by atoms with Crippen LogP contribution in [0.25, 0.3) is 0 Å². The zero-order chi connectivity index (χ0) is 12.4. The van der Waals surface area contributed by atoms with Crippen molar-refractivity contribution in [1.82, 2.24) is 20.0 Å². The fourth-order valence-electron chi connectivity index (χ4n) is 1.53. The molecule has 0 saturated carbocycles. The first-order valence-corrected chi connectivity index (χ1v) is 5.36. The number of aromatic nitrogens is 4. The molecular weight excluding hydrogens is 242 g/mol. The Kier molecular flexibility index (Phi) is 3.14. The Bertz CT molecular complexity index is 527. The molecule has 90 valence electrons. The highest BCUT2D eigenvalue weighted by molar-refractivity contribution is 6.29. The molecule has 0 fully saturated rings. The molecule has 1 unspecified atom stereocenters. The lowest BCUT2D eigenvalue weighted by Gasteiger charge is -2.14. The van der Waals surface area contributed by atoms with E-state index in [-0.39, 0.29) is 6.04 Å². The second-order valence-electron chi connectivity index (χ2n) is 3.56. The molecule has 0 bridgehead atoms. The summed E-state index contributed by atoms with van der Waals surface area (Å²) in [6.45, 7) is 1.95. The van der Waals surface area contributed by atoms with Crippen LogP contribution in [0.4, 0.5) is 5.69 Å². The lowest BCUT2D eigenvalue weighted by atomic mass is 10.1. The highest BCUT2D eigenvalue weighted by atomic mass is 35.5. The Morgan fingerprint density at radius 1 is 1.47 bits per heavy atom. The lowest BCUT2D eigenvalue weighted by molar-refractivity contribution is 0.378. The van der Waals surface area contributed by atoms with Crippen molar-refractivity contribution in [2.75, 3.05) is 12.8 Å². The zero-order valence-corrected chi connectivity index (χ0v) is 10.2. The SMILES string of the molecule is COc1nnc(Cl)cc1C(C)n1cc(N)cn1. The van der Waals surface area contributed by atoms with E-state index < -0.39 is 0 Å². The smallest absolute Gasteiger partial charge is 0.238 e. The maximum Gasteiger partial charge on any atom is 0.238 e. The molecule has 0 saturated heterocycles. The van der Waals surface area contributed by atoms with Crippen LogP contribution in [0.3, 0.4) is 0 Å². The molecule has 0 aliphatic rings. The molecule has 2 aromatic heterocycles. The number of rotatable bonds is 3. The number of nitrogens with zero attached hydrogens (tertiary/aromatic N) is 4. The van der Waals surface area contributed by atoms with Gasteiger partial charge in [-0.25, -0.2) is 0 Å². The van der Waals surface area contributed by atoms with Gasteiger partial charge in [0.25, 0.3) is 0 Å². The first-order chi connectivity index (χ1) is 8.11. The highest BCUT2D eigenvalue weighted by Crippen LogP contribution is 2.26. The van der Waals surface area contributed by atoms with Crippen molar-refractivity contribution in [2.24, 2.45) is 0 Å². The van der Waals surface area contributed by atoms with Gasteiger partial charge in [-0.1, -0.05) is 11.6 Å². The summed E-state index contributed by atoms with van der Waals surface area (Å²) in [6, 6.07) is 1.62. The normalized spacial score (nSPS) is 12.4. The van der Waals surface area contributed by atoms with Crippen molar-refractivity contribution in [3.05, 3.63) is 29.2 Å². The molecule has 6 nitrogen and oxygen atoms in total. The largest absolute Gasteiger partial charge is 0.480 e. The number of hydrogen-bond acceptors (Lipinski definition) is 5. The summed E-state index contributed by atoms with van der Waals surface area (Å²) < 4.78 is 6.86. The first kappa shape index (κ1) is 11.7. The first-order valence-electron chi connectivity index (χ1n) is 4.98. The molecule has 1 atom stereocenters. The number of ether oxygens (including phenoxy) is 1. The molecule has 17 heavy (non-hydrogen) atoms. The van der Waals surface area contributed by atoms with E-state index in [4.69, 9.17) is 22.1 Å². The molecule has 2 aromatic rings. The van der Waals surface area contributed by atoms with Crippen molar-refractivity contribution in [2.45, 2.75) is 13.0 Å². The third-order valence-electron chi connectivity index (χ3n) is 2.42. The van der Waals surface area contributed by atoms with E-state index >= 15 is 0 Å². The molecule has 0 aliphatic carbocycles. The van der Waals surface area contributed by atoms with Gasteiger partial charge in [0, 0.05) is 11.8 Å². The average Bonchev–Trinajstić information content (AvgIpc) is 2.75. The predicted molar refractivity (Wildman–Crippen MR) is 64.0 cm³/mol. The van der Waals surface area contributed by atoms with Crippen molar-refractivity contribution < 1.29 is 4.74 Å². The molecule has 0 amide bonds. The van der Waals surface area contributed by atoms with Gasteiger partial charge in [0.15, 0.2) is 5.15 Å². The van der Waals surface area contributed by atoms with Crippen molar-refractivity contribution >= 4 is 17.3 Å². The number of nitrogens with two attached hydrogens (primary N) is 1. The summed E-state index contributed by atoms with van der Waals surface area (Å²) in [4.78, 5) is 0. The minimum absolute atomic E-state index is 0.0877. The van der Waals surface area contributed by atoms with Gasteiger partial charge < -0.3 is 10.5 Å². The van der Waals surface area contributed by atoms with E-state index in [2.05, 4.69) is 15.3 Å². The van der Waals surface area contributed by atoms with Gasteiger partial charge in [-0.3, -0.25) is 4.68 Å². The fraction of sp³-hybridized carbons (Fsp3) is 0.300. The quantitative estimate of drug-likeness (QED) is 0.897. The van der Waals surface area contributed by atoms with E-state index in [1.165, 1.54) is 7.11 Å². The minimum Gasteiger partial charge on any atom is -0.480 e. The molecule has 2 rings (SSSR count). The molecule has 7 heteroatoms. The van der Waals surface area contributed by atoms with Gasteiger partial charge in [-0.15, -0.1) is 10.2 Å². The van der Waals surface area contributed by atoms with Crippen LogP contribution in [0.2, 0.25) is 5.15 Å². The summed E-state index contributed by atoms with van der Waals surface area (Å²) in [6.07, 6.45) is 3.32. The Balaban J connectivity index is 2.42. The second kappa shape index (κ2) is 4.58. The summed E-state index contributed by atoms with van der Waals surface area (Å²) in [5.74, 6) is 0.427. The molecule has 0 aromatic carbocycles. The summed E-state index contributed by atoms with van der Waals surface area (Å²) in [7, 11) is 1.53. The summed E-state index contributed by atoms with van der Waals surface area (Å²) >= 11 is 5.83.